The van der Waals surface area contributed by atoms with E-state index in [0.717, 1.165) is 49.3 Å². The standard InChI is InChI=1S/C34H37IO6/c1-3-33(36)40-23-5-21-38-30-17-11-26(12-18-30)7-8-28-10-16-29(32(35)25-28)15-9-27-13-19-31(20-14-27)39-22-6-24-41-34(37)4-2/h3-4,10-14,16-20,25H,1-2,5-9,15,21-24H2. The number of hydrogen-bond donors (Lipinski definition) is 0. The van der Waals surface area contributed by atoms with E-state index in [4.69, 9.17) is 18.9 Å². The van der Waals surface area contributed by atoms with Crippen molar-refractivity contribution in [2.24, 2.45) is 0 Å². The maximum absolute atomic E-state index is 11.0. The molecule has 3 aromatic rings. The third kappa shape index (κ3) is 12.2. The number of halogens is 1. The van der Waals surface area contributed by atoms with Gasteiger partial charge in [-0.1, -0.05) is 49.6 Å². The number of rotatable bonds is 18. The van der Waals surface area contributed by atoms with Crippen LogP contribution in [0.1, 0.15) is 35.1 Å². The molecule has 0 N–H and O–H groups in total. The van der Waals surface area contributed by atoms with Gasteiger partial charge in [0.1, 0.15) is 11.5 Å². The quantitative estimate of drug-likeness (QED) is 0.0639. The van der Waals surface area contributed by atoms with E-state index in [2.05, 4.69) is 78.2 Å². The van der Waals surface area contributed by atoms with Gasteiger partial charge in [0.25, 0.3) is 0 Å². The fourth-order valence-corrected chi connectivity index (χ4v) is 4.83. The molecule has 0 fully saturated rings. The van der Waals surface area contributed by atoms with Crippen LogP contribution in [0.2, 0.25) is 0 Å². The fraction of sp³-hybridized carbons (Fsp3) is 0.294. The summed E-state index contributed by atoms with van der Waals surface area (Å²) >= 11 is 2.44. The van der Waals surface area contributed by atoms with Gasteiger partial charge in [0.2, 0.25) is 0 Å². The summed E-state index contributed by atoms with van der Waals surface area (Å²) in [4.78, 5) is 22.1. The summed E-state index contributed by atoms with van der Waals surface area (Å²) < 4.78 is 22.6. The second kappa shape index (κ2) is 18.0. The zero-order chi connectivity index (χ0) is 29.3. The highest BCUT2D eigenvalue weighted by atomic mass is 127. The molecule has 0 bridgehead atoms. The minimum absolute atomic E-state index is 0.323. The molecule has 0 radical (unpaired) electrons. The summed E-state index contributed by atoms with van der Waals surface area (Å²) in [5, 5.41) is 0. The number of carbonyl (C=O) groups is 2. The zero-order valence-electron chi connectivity index (χ0n) is 23.3. The molecule has 6 nitrogen and oxygen atoms in total. The van der Waals surface area contributed by atoms with Gasteiger partial charge in [-0.05, 0) is 101 Å². The van der Waals surface area contributed by atoms with Crippen LogP contribution in [-0.2, 0) is 44.7 Å². The molecule has 0 aliphatic rings. The van der Waals surface area contributed by atoms with Gasteiger partial charge in [-0.15, -0.1) is 0 Å². The predicted molar refractivity (Wildman–Crippen MR) is 169 cm³/mol. The van der Waals surface area contributed by atoms with E-state index in [1.807, 2.05) is 24.3 Å². The smallest absolute Gasteiger partial charge is 0.330 e. The molecule has 0 heterocycles. The van der Waals surface area contributed by atoms with Crippen molar-refractivity contribution in [2.75, 3.05) is 26.4 Å². The molecule has 0 unspecified atom stereocenters. The highest BCUT2D eigenvalue weighted by molar-refractivity contribution is 14.1. The molecule has 41 heavy (non-hydrogen) atoms. The number of benzene rings is 3. The summed E-state index contributed by atoms with van der Waals surface area (Å²) in [7, 11) is 0. The highest BCUT2D eigenvalue weighted by Gasteiger charge is 2.05. The first-order chi connectivity index (χ1) is 20.0. The van der Waals surface area contributed by atoms with E-state index < -0.39 is 11.9 Å². The van der Waals surface area contributed by atoms with Gasteiger partial charge in [0, 0.05) is 28.6 Å². The van der Waals surface area contributed by atoms with E-state index in [-0.39, 0.29) is 0 Å². The van der Waals surface area contributed by atoms with Crippen molar-refractivity contribution < 1.29 is 28.5 Å². The van der Waals surface area contributed by atoms with Crippen LogP contribution in [0.3, 0.4) is 0 Å². The lowest BCUT2D eigenvalue weighted by Gasteiger charge is -2.10. The molecule has 0 saturated carbocycles. The van der Waals surface area contributed by atoms with Gasteiger partial charge in [-0.3, -0.25) is 0 Å². The van der Waals surface area contributed by atoms with Crippen molar-refractivity contribution in [3.05, 3.63) is 118 Å². The van der Waals surface area contributed by atoms with E-state index in [1.54, 1.807) is 0 Å². The van der Waals surface area contributed by atoms with Gasteiger partial charge in [-0.2, -0.15) is 0 Å². The molecule has 0 saturated heterocycles. The Morgan fingerprint density at radius 1 is 0.610 bits per heavy atom. The fourth-order valence-electron chi connectivity index (χ4n) is 3.98. The van der Waals surface area contributed by atoms with E-state index in [1.165, 1.54) is 25.8 Å². The van der Waals surface area contributed by atoms with Gasteiger partial charge in [0.05, 0.1) is 26.4 Å². The molecule has 0 amide bonds. The Bertz CT molecular complexity index is 1270. The number of aryl methyl sites for hydroxylation is 4. The van der Waals surface area contributed by atoms with Crippen LogP contribution < -0.4 is 9.47 Å². The van der Waals surface area contributed by atoms with Crippen LogP contribution in [0.25, 0.3) is 0 Å². The summed E-state index contributed by atoms with van der Waals surface area (Å²) in [6, 6.07) is 23.1. The zero-order valence-corrected chi connectivity index (χ0v) is 25.5. The van der Waals surface area contributed by atoms with Crippen molar-refractivity contribution in [3.63, 3.8) is 0 Å². The Balaban J connectivity index is 1.36. The van der Waals surface area contributed by atoms with Crippen molar-refractivity contribution in [1.82, 2.24) is 0 Å². The van der Waals surface area contributed by atoms with Crippen molar-refractivity contribution in [3.8, 4) is 11.5 Å². The molecule has 0 spiro atoms. The lowest BCUT2D eigenvalue weighted by molar-refractivity contribution is -0.138. The van der Waals surface area contributed by atoms with Crippen LogP contribution in [0.4, 0.5) is 0 Å². The van der Waals surface area contributed by atoms with Crippen LogP contribution in [0.15, 0.2) is 92.0 Å². The molecule has 3 rings (SSSR count). The molecule has 0 aliphatic heterocycles. The highest BCUT2D eigenvalue weighted by Crippen LogP contribution is 2.20. The third-order valence-corrected chi connectivity index (χ3v) is 7.29. The first-order valence-corrected chi connectivity index (χ1v) is 14.8. The topological polar surface area (TPSA) is 71.1 Å². The maximum Gasteiger partial charge on any atom is 0.330 e. The molecular formula is C34H37IO6. The molecule has 3 aromatic carbocycles. The molecular weight excluding hydrogens is 631 g/mol. The van der Waals surface area contributed by atoms with Crippen LogP contribution in [-0.4, -0.2) is 38.4 Å². The Hall–Kier alpha value is -3.59. The van der Waals surface area contributed by atoms with E-state index in [9.17, 15) is 9.59 Å². The van der Waals surface area contributed by atoms with Gasteiger partial charge >= 0.3 is 11.9 Å². The second-order valence-electron chi connectivity index (χ2n) is 9.36. The number of esters is 2. The van der Waals surface area contributed by atoms with Crippen molar-refractivity contribution in [2.45, 2.75) is 38.5 Å². The largest absolute Gasteiger partial charge is 0.493 e. The van der Waals surface area contributed by atoms with E-state index in [0.29, 0.717) is 39.3 Å². The Kier molecular flexibility index (Phi) is 14.0. The summed E-state index contributed by atoms with van der Waals surface area (Å²) in [6.07, 6.45) is 7.46. The molecule has 0 aromatic heterocycles. The van der Waals surface area contributed by atoms with Gasteiger partial charge in [0.15, 0.2) is 0 Å². The lowest BCUT2D eigenvalue weighted by Crippen LogP contribution is -2.06. The number of hydrogen-bond acceptors (Lipinski definition) is 6. The third-order valence-electron chi connectivity index (χ3n) is 6.29. The first kappa shape index (κ1) is 31.9. The lowest BCUT2D eigenvalue weighted by atomic mass is 10.0. The van der Waals surface area contributed by atoms with Crippen molar-refractivity contribution >= 4 is 34.5 Å². The summed E-state index contributed by atoms with van der Waals surface area (Å²) in [5.41, 5.74) is 5.21. The maximum atomic E-state index is 11.0. The first-order valence-electron chi connectivity index (χ1n) is 13.8. The average Bonchev–Trinajstić information content (AvgIpc) is 3.00. The summed E-state index contributed by atoms with van der Waals surface area (Å²) in [6.45, 7) is 8.38. The van der Waals surface area contributed by atoms with Crippen LogP contribution >= 0.6 is 22.6 Å². The van der Waals surface area contributed by atoms with Gasteiger partial charge in [-0.25, -0.2) is 9.59 Å². The Labute approximate surface area is 256 Å². The molecule has 0 aliphatic carbocycles. The normalized spacial score (nSPS) is 10.5. The monoisotopic (exact) mass is 668 g/mol. The van der Waals surface area contributed by atoms with Gasteiger partial charge < -0.3 is 18.9 Å². The molecule has 216 valence electrons. The Morgan fingerprint density at radius 3 is 1.51 bits per heavy atom. The van der Waals surface area contributed by atoms with Crippen molar-refractivity contribution in [1.29, 1.82) is 0 Å². The molecule has 7 heteroatoms. The number of carbonyl (C=O) groups excluding carboxylic acids is 2. The summed E-state index contributed by atoms with van der Waals surface area (Å²) in [5.74, 6) is 0.807. The molecule has 0 atom stereocenters. The number of ether oxygens (including phenoxy) is 4. The predicted octanol–water partition coefficient (Wildman–Crippen LogP) is 6.86. The second-order valence-corrected chi connectivity index (χ2v) is 10.5. The SMILES string of the molecule is C=CC(=O)OCCCOc1ccc(CCc2ccc(CCc3ccc(OCCCOC(=O)C=C)cc3)c(I)c2)cc1. The van der Waals surface area contributed by atoms with Crippen LogP contribution in [0, 0.1) is 3.57 Å². The minimum atomic E-state index is -0.410. The Morgan fingerprint density at radius 2 is 1.05 bits per heavy atom. The van der Waals surface area contributed by atoms with Crippen LogP contribution in [0.5, 0.6) is 11.5 Å². The minimum Gasteiger partial charge on any atom is -0.493 e. The van der Waals surface area contributed by atoms with E-state index >= 15 is 0 Å². The average molecular weight is 669 g/mol.